The van der Waals surface area contributed by atoms with Gasteiger partial charge in [0.2, 0.25) is 5.60 Å². The van der Waals surface area contributed by atoms with Gasteiger partial charge in [0.1, 0.15) is 5.82 Å². The minimum atomic E-state index is -1.19. The molecule has 0 bridgehead atoms. The average Bonchev–Trinajstić information content (AvgIpc) is 3.15. The molecule has 2 heterocycles. The van der Waals surface area contributed by atoms with Crippen LogP contribution in [0.5, 0.6) is 0 Å². The van der Waals surface area contributed by atoms with Crippen molar-refractivity contribution in [3.63, 3.8) is 0 Å². The lowest BCUT2D eigenvalue weighted by molar-refractivity contribution is -0.135. The molecule has 1 aromatic heterocycles. The summed E-state index contributed by atoms with van der Waals surface area (Å²) < 4.78 is 15.5. The first-order valence-electron chi connectivity index (χ1n) is 7.37. The van der Waals surface area contributed by atoms with Gasteiger partial charge in [0.05, 0.1) is 5.71 Å². The van der Waals surface area contributed by atoms with Crippen molar-refractivity contribution in [2.24, 2.45) is 5.16 Å². The minimum absolute atomic E-state index is 0.189. The first-order chi connectivity index (χ1) is 11.0. The number of nitrogens with one attached hydrogen (secondary N) is 1. The number of hydrogen-bond donors (Lipinski definition) is 1. The third-order valence-electron chi connectivity index (χ3n) is 3.73. The normalized spacial score (nSPS) is 20.0. The molecule has 120 valence electrons. The molecule has 1 N–H and O–H groups in total. The Hall–Kier alpha value is -2.70. The maximum Gasteiger partial charge on any atom is 0.272 e. The van der Waals surface area contributed by atoms with Gasteiger partial charge in [0, 0.05) is 30.8 Å². The molecular weight excluding hydrogens is 299 g/mol. The smallest absolute Gasteiger partial charge is 0.272 e. The van der Waals surface area contributed by atoms with Crippen LogP contribution >= 0.6 is 0 Å². The van der Waals surface area contributed by atoms with Gasteiger partial charge in [-0.2, -0.15) is 5.10 Å². The minimum Gasteiger partial charge on any atom is -0.379 e. The number of carbonyl (C=O) groups excluding carboxylic acids is 1. The molecule has 0 saturated carbocycles. The Morgan fingerprint density at radius 1 is 1.43 bits per heavy atom. The average molecular weight is 316 g/mol. The number of carbonyl (C=O) groups is 1. The van der Waals surface area contributed by atoms with Crippen molar-refractivity contribution in [3.05, 3.63) is 47.9 Å². The van der Waals surface area contributed by atoms with Crippen molar-refractivity contribution in [3.8, 4) is 0 Å². The number of aryl methyl sites for hydroxylation is 1. The largest absolute Gasteiger partial charge is 0.379 e. The predicted octanol–water partition coefficient (Wildman–Crippen LogP) is 2.56. The molecule has 0 fully saturated rings. The Labute approximate surface area is 132 Å². The zero-order valence-electron chi connectivity index (χ0n) is 12.9. The Morgan fingerprint density at radius 2 is 2.22 bits per heavy atom. The summed E-state index contributed by atoms with van der Waals surface area (Å²) in [5.74, 6) is -0.309. The Bertz CT molecular complexity index is 771. The summed E-state index contributed by atoms with van der Waals surface area (Å²) in [6, 6.07) is 7.99. The van der Waals surface area contributed by atoms with Gasteiger partial charge in [-0.1, -0.05) is 23.4 Å². The van der Waals surface area contributed by atoms with E-state index in [0.29, 0.717) is 23.6 Å². The summed E-state index contributed by atoms with van der Waals surface area (Å²) in [6.45, 7) is 4.29. The summed E-state index contributed by atoms with van der Waals surface area (Å²) in [5.41, 5.74) is -0.424. The van der Waals surface area contributed by atoms with Crippen LogP contribution in [-0.4, -0.2) is 27.0 Å². The maximum atomic E-state index is 13.8. The van der Waals surface area contributed by atoms with E-state index in [2.05, 4.69) is 15.6 Å². The van der Waals surface area contributed by atoms with Crippen LogP contribution in [0.2, 0.25) is 0 Å². The van der Waals surface area contributed by atoms with Gasteiger partial charge in [0.25, 0.3) is 5.91 Å². The van der Waals surface area contributed by atoms with Gasteiger partial charge < -0.3 is 10.2 Å². The Morgan fingerprint density at radius 3 is 2.91 bits per heavy atom. The number of oxime groups is 1. The molecule has 6 nitrogen and oxygen atoms in total. The van der Waals surface area contributed by atoms with E-state index >= 15 is 0 Å². The van der Waals surface area contributed by atoms with Gasteiger partial charge in [0.15, 0.2) is 5.82 Å². The summed E-state index contributed by atoms with van der Waals surface area (Å²) in [4.78, 5) is 17.7. The Kier molecular flexibility index (Phi) is 3.85. The number of rotatable bonds is 4. The van der Waals surface area contributed by atoms with Crippen LogP contribution in [0.15, 0.2) is 41.7 Å². The van der Waals surface area contributed by atoms with Crippen molar-refractivity contribution in [2.45, 2.75) is 32.4 Å². The molecule has 1 aliphatic rings. The Balaban J connectivity index is 1.72. The summed E-state index contributed by atoms with van der Waals surface area (Å²) in [6.07, 6.45) is 1.96. The number of nitrogens with zero attached hydrogens (tertiary/aromatic N) is 3. The molecule has 0 saturated heterocycles. The zero-order valence-corrected chi connectivity index (χ0v) is 12.9. The van der Waals surface area contributed by atoms with Crippen LogP contribution in [0.25, 0.3) is 0 Å². The monoisotopic (exact) mass is 316 g/mol. The topological polar surface area (TPSA) is 68.5 Å². The van der Waals surface area contributed by atoms with E-state index in [-0.39, 0.29) is 18.1 Å². The van der Waals surface area contributed by atoms with Crippen LogP contribution in [0.4, 0.5) is 10.2 Å². The van der Waals surface area contributed by atoms with Gasteiger partial charge in [-0.3, -0.25) is 9.48 Å². The van der Waals surface area contributed by atoms with Gasteiger partial charge in [-0.05, 0) is 19.9 Å². The molecule has 7 heteroatoms. The molecule has 2 aromatic rings. The number of aromatic nitrogens is 2. The molecule has 0 spiro atoms. The molecule has 0 unspecified atom stereocenters. The first-order valence-corrected chi connectivity index (χ1v) is 7.37. The fourth-order valence-corrected chi connectivity index (χ4v) is 2.35. The molecule has 1 amide bonds. The van der Waals surface area contributed by atoms with E-state index in [9.17, 15) is 9.18 Å². The SMILES string of the molecule is CCn1ccc(NC(=O)[C@]2(C)CC(c3ccccc3F)=NO2)n1. The van der Waals surface area contributed by atoms with Crippen LogP contribution in [-0.2, 0) is 16.2 Å². The second-order valence-electron chi connectivity index (χ2n) is 5.53. The molecule has 3 rings (SSSR count). The number of amides is 1. The third kappa shape index (κ3) is 2.94. The van der Waals surface area contributed by atoms with Crippen molar-refractivity contribution >= 4 is 17.4 Å². The number of benzene rings is 1. The van der Waals surface area contributed by atoms with Gasteiger partial charge >= 0.3 is 0 Å². The quantitative estimate of drug-likeness (QED) is 0.942. The lowest BCUT2D eigenvalue weighted by Gasteiger charge is -2.19. The molecule has 0 aliphatic carbocycles. The van der Waals surface area contributed by atoms with Gasteiger partial charge in [-0.25, -0.2) is 4.39 Å². The van der Waals surface area contributed by atoms with E-state index in [1.54, 1.807) is 42.1 Å². The summed E-state index contributed by atoms with van der Waals surface area (Å²) in [5, 5.41) is 10.8. The van der Waals surface area contributed by atoms with Crippen molar-refractivity contribution in [1.29, 1.82) is 0 Å². The van der Waals surface area contributed by atoms with Crippen LogP contribution in [0.1, 0.15) is 25.8 Å². The number of anilines is 1. The summed E-state index contributed by atoms with van der Waals surface area (Å²) >= 11 is 0. The second kappa shape index (κ2) is 5.83. The molecule has 0 radical (unpaired) electrons. The number of hydrogen-bond acceptors (Lipinski definition) is 4. The third-order valence-corrected chi connectivity index (χ3v) is 3.73. The highest BCUT2D eigenvalue weighted by atomic mass is 19.1. The van der Waals surface area contributed by atoms with E-state index in [0.717, 1.165) is 0 Å². The summed E-state index contributed by atoms with van der Waals surface area (Å²) in [7, 11) is 0. The van der Waals surface area contributed by atoms with Crippen molar-refractivity contribution in [1.82, 2.24) is 9.78 Å². The highest BCUT2D eigenvalue weighted by Gasteiger charge is 2.43. The predicted molar refractivity (Wildman–Crippen MR) is 83.6 cm³/mol. The standard InChI is InChI=1S/C16H17FN4O2/c1-3-21-9-8-14(19-21)18-15(22)16(2)10-13(20-23-16)11-6-4-5-7-12(11)17/h4-9H,3,10H2,1-2H3,(H,18,19,22)/t16-/m0/s1. The number of halogens is 1. The van der Waals surface area contributed by atoms with Crippen LogP contribution in [0.3, 0.4) is 0 Å². The van der Waals surface area contributed by atoms with Crippen molar-refractivity contribution in [2.75, 3.05) is 5.32 Å². The fourth-order valence-electron chi connectivity index (χ4n) is 2.35. The van der Waals surface area contributed by atoms with Crippen LogP contribution < -0.4 is 5.32 Å². The highest BCUT2D eigenvalue weighted by Crippen LogP contribution is 2.28. The maximum absolute atomic E-state index is 13.8. The molecule has 23 heavy (non-hydrogen) atoms. The van der Waals surface area contributed by atoms with Crippen molar-refractivity contribution < 1.29 is 14.0 Å². The highest BCUT2D eigenvalue weighted by molar-refractivity contribution is 6.07. The molecular formula is C16H17FN4O2. The van der Waals surface area contributed by atoms with E-state index < -0.39 is 5.60 Å². The van der Waals surface area contributed by atoms with Gasteiger partial charge in [-0.15, -0.1) is 0 Å². The first kappa shape index (κ1) is 15.2. The zero-order chi connectivity index (χ0) is 16.4. The van der Waals surface area contributed by atoms with E-state index in [1.165, 1.54) is 6.07 Å². The lowest BCUT2D eigenvalue weighted by atomic mass is 9.95. The van der Waals surface area contributed by atoms with E-state index in [1.807, 2.05) is 6.92 Å². The van der Waals surface area contributed by atoms with Crippen LogP contribution in [0, 0.1) is 5.82 Å². The molecule has 1 aliphatic heterocycles. The molecule has 1 atom stereocenters. The molecule has 1 aromatic carbocycles. The van der Waals surface area contributed by atoms with E-state index in [4.69, 9.17) is 4.84 Å². The lowest BCUT2D eigenvalue weighted by Crippen LogP contribution is -2.40. The second-order valence-corrected chi connectivity index (χ2v) is 5.53. The fraction of sp³-hybridized carbons (Fsp3) is 0.312.